The van der Waals surface area contributed by atoms with Gasteiger partial charge in [-0.05, 0) is 41.0 Å². The molecule has 0 aliphatic carbocycles. The Kier molecular flexibility index (Phi) is 5.34. The van der Waals surface area contributed by atoms with E-state index < -0.39 is 11.4 Å². The van der Waals surface area contributed by atoms with Gasteiger partial charge in [0.05, 0.1) is 5.69 Å². The normalized spacial score (nSPS) is 11.4. The quantitative estimate of drug-likeness (QED) is 0.266. The molecule has 0 aliphatic rings. The fourth-order valence-electron chi connectivity index (χ4n) is 4.29. The molecule has 1 heterocycles. The number of hydrogen-bond donors (Lipinski definition) is 0. The van der Waals surface area contributed by atoms with Crippen LogP contribution in [-0.4, -0.2) is 9.78 Å². The van der Waals surface area contributed by atoms with Crippen molar-refractivity contribution in [3.05, 3.63) is 149 Å². The second-order valence-electron chi connectivity index (χ2n) is 7.58. The van der Waals surface area contributed by atoms with Crippen LogP contribution >= 0.6 is 11.6 Å². The van der Waals surface area contributed by atoms with Gasteiger partial charge in [-0.15, -0.1) is 0 Å². The standard InChI is InChI=1S/C28H20ClFN2/c29-24-16-17-25(26(30)20-24)27-18-19-32(31-27)28(21-10-4-1-5-11-21,22-12-6-2-7-13-22)23-14-8-3-9-15-23/h1-20H. The molecule has 0 N–H and O–H groups in total. The Hall–Kier alpha value is -3.69. The summed E-state index contributed by atoms with van der Waals surface area (Å²) in [7, 11) is 0. The lowest BCUT2D eigenvalue weighted by Crippen LogP contribution is -2.38. The lowest BCUT2D eigenvalue weighted by atomic mass is 9.77. The van der Waals surface area contributed by atoms with E-state index in [0.29, 0.717) is 16.3 Å². The van der Waals surface area contributed by atoms with Gasteiger partial charge in [-0.3, -0.25) is 4.68 Å². The SMILES string of the molecule is Fc1cc(Cl)ccc1-c1ccn(C(c2ccccc2)(c2ccccc2)c2ccccc2)n1. The van der Waals surface area contributed by atoms with Gasteiger partial charge in [0.1, 0.15) is 11.4 Å². The highest BCUT2D eigenvalue weighted by atomic mass is 35.5. The molecule has 0 fully saturated rings. The maximum atomic E-state index is 14.7. The third-order valence-corrected chi connectivity index (χ3v) is 5.95. The van der Waals surface area contributed by atoms with Crippen LogP contribution in [-0.2, 0) is 5.54 Å². The van der Waals surface area contributed by atoms with E-state index in [1.54, 1.807) is 12.1 Å². The van der Waals surface area contributed by atoms with Crippen molar-refractivity contribution >= 4 is 11.6 Å². The molecule has 1 aromatic heterocycles. The molecule has 5 rings (SSSR count). The average molecular weight is 439 g/mol. The fourth-order valence-corrected chi connectivity index (χ4v) is 4.45. The molecule has 0 unspecified atom stereocenters. The fraction of sp³-hybridized carbons (Fsp3) is 0.0357. The van der Waals surface area contributed by atoms with Crippen molar-refractivity contribution in [2.24, 2.45) is 0 Å². The molecule has 5 aromatic rings. The van der Waals surface area contributed by atoms with E-state index in [2.05, 4.69) is 36.4 Å². The third kappa shape index (κ3) is 3.41. The van der Waals surface area contributed by atoms with Crippen LogP contribution in [0.4, 0.5) is 4.39 Å². The van der Waals surface area contributed by atoms with E-state index in [4.69, 9.17) is 16.7 Å². The summed E-state index contributed by atoms with van der Waals surface area (Å²) >= 11 is 5.96. The second kappa shape index (κ2) is 8.45. The summed E-state index contributed by atoms with van der Waals surface area (Å²) in [5.74, 6) is -0.396. The van der Waals surface area contributed by atoms with Crippen molar-refractivity contribution in [1.82, 2.24) is 9.78 Å². The maximum Gasteiger partial charge on any atom is 0.138 e. The number of benzene rings is 4. The first kappa shape index (κ1) is 20.2. The van der Waals surface area contributed by atoms with E-state index in [0.717, 1.165) is 16.7 Å². The first-order chi connectivity index (χ1) is 15.7. The Morgan fingerprint density at radius 3 is 1.62 bits per heavy atom. The van der Waals surface area contributed by atoms with E-state index >= 15 is 0 Å². The van der Waals surface area contributed by atoms with E-state index in [1.807, 2.05) is 71.5 Å². The summed E-state index contributed by atoms with van der Waals surface area (Å²) in [6.07, 6.45) is 1.91. The molecule has 0 bridgehead atoms. The van der Waals surface area contributed by atoms with Crippen LogP contribution in [0.25, 0.3) is 11.3 Å². The van der Waals surface area contributed by atoms with Crippen molar-refractivity contribution < 1.29 is 4.39 Å². The van der Waals surface area contributed by atoms with Crippen LogP contribution in [0, 0.1) is 5.82 Å². The van der Waals surface area contributed by atoms with Gasteiger partial charge in [-0.25, -0.2) is 4.39 Å². The summed E-state index contributed by atoms with van der Waals surface area (Å²) in [4.78, 5) is 0. The molecular formula is C28H20ClFN2. The Morgan fingerprint density at radius 1 is 0.656 bits per heavy atom. The van der Waals surface area contributed by atoms with Crippen molar-refractivity contribution in [3.8, 4) is 11.3 Å². The summed E-state index contributed by atoms with van der Waals surface area (Å²) in [5, 5.41) is 5.27. The minimum atomic E-state index is -0.731. The molecule has 4 aromatic carbocycles. The molecule has 0 atom stereocenters. The largest absolute Gasteiger partial charge is 0.253 e. The van der Waals surface area contributed by atoms with Crippen LogP contribution in [0.3, 0.4) is 0 Å². The molecule has 156 valence electrons. The van der Waals surface area contributed by atoms with Crippen molar-refractivity contribution in [1.29, 1.82) is 0 Å². The first-order valence-electron chi connectivity index (χ1n) is 10.4. The van der Waals surface area contributed by atoms with Crippen LogP contribution < -0.4 is 0 Å². The molecule has 0 saturated carbocycles. The zero-order valence-electron chi connectivity index (χ0n) is 17.2. The van der Waals surface area contributed by atoms with Crippen LogP contribution in [0.1, 0.15) is 16.7 Å². The van der Waals surface area contributed by atoms with Gasteiger partial charge in [-0.1, -0.05) is 103 Å². The van der Waals surface area contributed by atoms with Crippen LogP contribution in [0.2, 0.25) is 5.02 Å². The zero-order valence-corrected chi connectivity index (χ0v) is 18.0. The molecule has 0 amide bonds. The summed E-state index contributed by atoms with van der Waals surface area (Å²) in [6, 6.07) is 37.3. The van der Waals surface area contributed by atoms with Crippen LogP contribution in [0.15, 0.2) is 121 Å². The van der Waals surface area contributed by atoms with Gasteiger partial charge in [0.15, 0.2) is 0 Å². The predicted octanol–water partition coefficient (Wildman–Crippen LogP) is 7.18. The van der Waals surface area contributed by atoms with E-state index in [1.165, 1.54) is 6.07 Å². The first-order valence-corrected chi connectivity index (χ1v) is 10.8. The molecule has 4 heteroatoms. The molecular weight excluding hydrogens is 419 g/mol. The number of hydrogen-bond acceptors (Lipinski definition) is 1. The minimum absolute atomic E-state index is 0.359. The number of rotatable bonds is 5. The molecule has 0 radical (unpaired) electrons. The molecule has 0 aliphatic heterocycles. The number of halogens is 2. The zero-order chi connectivity index (χ0) is 22.0. The highest BCUT2D eigenvalue weighted by Crippen LogP contribution is 2.41. The van der Waals surface area contributed by atoms with Crippen molar-refractivity contribution in [2.75, 3.05) is 0 Å². The van der Waals surface area contributed by atoms with Gasteiger partial charge >= 0.3 is 0 Å². The van der Waals surface area contributed by atoms with Crippen molar-refractivity contribution in [3.63, 3.8) is 0 Å². The number of nitrogens with zero attached hydrogens (tertiary/aromatic N) is 2. The Labute approximate surface area is 191 Å². The Balaban J connectivity index is 1.81. The van der Waals surface area contributed by atoms with E-state index in [-0.39, 0.29) is 0 Å². The van der Waals surface area contributed by atoms with Gasteiger partial charge < -0.3 is 0 Å². The topological polar surface area (TPSA) is 17.8 Å². The Bertz CT molecular complexity index is 1240. The average Bonchev–Trinajstić information content (AvgIpc) is 3.32. The highest BCUT2D eigenvalue weighted by molar-refractivity contribution is 6.30. The maximum absolute atomic E-state index is 14.7. The summed E-state index contributed by atoms with van der Waals surface area (Å²) < 4.78 is 16.6. The monoisotopic (exact) mass is 438 g/mol. The van der Waals surface area contributed by atoms with Crippen LogP contribution in [0.5, 0.6) is 0 Å². The molecule has 0 saturated heterocycles. The predicted molar refractivity (Wildman–Crippen MR) is 127 cm³/mol. The van der Waals surface area contributed by atoms with Crippen molar-refractivity contribution in [2.45, 2.75) is 5.54 Å². The Morgan fingerprint density at radius 2 is 1.16 bits per heavy atom. The molecule has 2 nitrogen and oxygen atoms in total. The molecule has 0 spiro atoms. The highest BCUT2D eigenvalue weighted by Gasteiger charge is 2.39. The minimum Gasteiger partial charge on any atom is -0.253 e. The van der Waals surface area contributed by atoms with Gasteiger partial charge in [0.2, 0.25) is 0 Å². The second-order valence-corrected chi connectivity index (χ2v) is 8.01. The third-order valence-electron chi connectivity index (χ3n) is 5.71. The van der Waals surface area contributed by atoms with Gasteiger partial charge in [-0.2, -0.15) is 5.10 Å². The molecule has 32 heavy (non-hydrogen) atoms. The van der Waals surface area contributed by atoms with Gasteiger partial charge in [0, 0.05) is 16.8 Å². The lowest BCUT2D eigenvalue weighted by molar-refractivity contribution is 0.461. The lowest BCUT2D eigenvalue weighted by Gasteiger charge is -2.36. The number of aromatic nitrogens is 2. The smallest absolute Gasteiger partial charge is 0.138 e. The van der Waals surface area contributed by atoms with Gasteiger partial charge in [0.25, 0.3) is 0 Å². The summed E-state index contributed by atoms with van der Waals surface area (Å²) in [5.41, 5.74) is 3.41. The summed E-state index contributed by atoms with van der Waals surface area (Å²) in [6.45, 7) is 0. The van der Waals surface area contributed by atoms with E-state index in [9.17, 15) is 4.39 Å².